The molecule has 0 amide bonds. The molecule has 7 nitrogen and oxygen atoms in total. The summed E-state index contributed by atoms with van der Waals surface area (Å²) in [6.07, 6.45) is 3.91. The average molecular weight is 1440 g/mol. The van der Waals surface area contributed by atoms with Crippen LogP contribution in [-0.2, 0) is 40.2 Å². The number of aliphatic hydroxyl groups excluding tert-OH is 2. The molecule has 0 aliphatic carbocycles. The minimum Gasteiger partial charge on any atom is -0.400 e. The molecule has 0 aliphatic heterocycles. The zero-order valence-electron chi connectivity index (χ0n) is 47.7. The minimum atomic E-state index is 0. The number of aromatic nitrogens is 5. The van der Waals surface area contributed by atoms with Crippen molar-refractivity contribution in [3.63, 3.8) is 0 Å². The summed E-state index contributed by atoms with van der Waals surface area (Å²) in [4.78, 5) is 22.4. The normalized spacial score (nSPS) is 9.55. The summed E-state index contributed by atoms with van der Waals surface area (Å²) in [5, 5.41) is 14.0. The maximum atomic E-state index is 7.00. The second-order valence-electron chi connectivity index (χ2n) is 18.0. The number of aryl methyl sites for hydroxylation is 5. The number of hydrogen-bond donors (Lipinski definition) is 2. The molecule has 5 heterocycles. The molecule has 12 aromatic rings. The summed E-state index contributed by atoms with van der Waals surface area (Å²) in [5.74, 6) is 0. The van der Waals surface area contributed by atoms with Crippen molar-refractivity contribution in [1.29, 1.82) is 0 Å². The molecule has 0 aliphatic rings. The van der Waals surface area contributed by atoms with Crippen molar-refractivity contribution in [1.82, 2.24) is 24.9 Å². The predicted octanol–water partition coefficient (Wildman–Crippen LogP) is 17.0. The van der Waals surface area contributed by atoms with Crippen LogP contribution in [0.5, 0.6) is 0 Å². The van der Waals surface area contributed by atoms with Gasteiger partial charge in [0.05, 0.1) is 5.69 Å². The second kappa shape index (κ2) is 37.5. The molecular formula is C74H67Ir2N5O2-4. The van der Waals surface area contributed by atoms with E-state index in [0.29, 0.717) is 0 Å². The van der Waals surface area contributed by atoms with Crippen LogP contribution in [0.15, 0.2) is 267 Å². The number of nitrogens with zero attached hydrogens (tertiary/aromatic N) is 5. The van der Waals surface area contributed by atoms with E-state index in [4.69, 9.17) is 10.2 Å². The fourth-order valence-electron chi connectivity index (χ4n) is 8.16. The number of hydrogen-bond acceptors (Lipinski definition) is 7. The second-order valence-corrected chi connectivity index (χ2v) is 18.0. The molecule has 5 aromatic heterocycles. The summed E-state index contributed by atoms with van der Waals surface area (Å²) in [6, 6.07) is 97.5. The Bertz CT molecular complexity index is 3360. The quantitative estimate of drug-likeness (QED) is 0.153. The van der Waals surface area contributed by atoms with Crippen LogP contribution in [0.2, 0.25) is 0 Å². The molecule has 0 bridgehead atoms. The third kappa shape index (κ3) is 21.7. The van der Waals surface area contributed by atoms with Crippen LogP contribution >= 0.6 is 0 Å². The van der Waals surface area contributed by atoms with Crippen molar-refractivity contribution < 1.29 is 50.4 Å². The maximum Gasteiger partial charge on any atom is 0.0705 e. The van der Waals surface area contributed by atoms with Gasteiger partial charge in [-0.2, -0.15) is 0 Å². The largest absolute Gasteiger partial charge is 0.400 e. The molecule has 83 heavy (non-hydrogen) atoms. The van der Waals surface area contributed by atoms with Crippen molar-refractivity contribution >= 4 is 0 Å². The first-order valence-electron chi connectivity index (χ1n) is 26.5. The summed E-state index contributed by atoms with van der Waals surface area (Å²) < 4.78 is 0. The van der Waals surface area contributed by atoms with E-state index < -0.39 is 0 Å². The third-order valence-electron chi connectivity index (χ3n) is 12.1. The number of benzene rings is 7. The molecule has 0 atom stereocenters. The molecule has 12 rings (SSSR count). The Morgan fingerprint density at radius 2 is 0.554 bits per heavy atom. The van der Waals surface area contributed by atoms with Crippen molar-refractivity contribution in [3.05, 3.63) is 320 Å². The van der Waals surface area contributed by atoms with E-state index in [1.54, 1.807) is 0 Å². The Morgan fingerprint density at radius 1 is 0.277 bits per heavy atom. The fraction of sp³-hybridized carbons (Fsp3) is 0.0946. The minimum absolute atomic E-state index is 0. The molecule has 0 spiro atoms. The van der Waals surface area contributed by atoms with Crippen LogP contribution in [0.3, 0.4) is 0 Å². The van der Waals surface area contributed by atoms with Crippen LogP contribution in [-0.4, -0.2) is 49.4 Å². The molecule has 2 N–H and O–H groups in total. The van der Waals surface area contributed by atoms with Gasteiger partial charge in [0.2, 0.25) is 0 Å². The predicted molar refractivity (Wildman–Crippen MR) is 335 cm³/mol. The van der Waals surface area contributed by atoms with Gasteiger partial charge in [0.1, 0.15) is 0 Å². The Labute approximate surface area is 518 Å². The standard InChI is InChI=1S/C18H15N.C18H14N.3C12H10N.2CH4O.2Ir/c2*1-14-12-18(16-10-6-3-7-11-16)19-13-17(14)15-8-4-2-5-9-15;3*1-10-6-5-9-12(13-10)11-7-3-2-4-8-11;2*1-2;;/h2-13H,1H3;2-10,12-13H,1H3;3*2-7,9H,1H3;2*2H,1H3;;/q;4*-1;;;;. The van der Waals surface area contributed by atoms with Crippen LogP contribution < -0.4 is 0 Å². The van der Waals surface area contributed by atoms with Crippen LogP contribution in [0.25, 0.3) is 78.5 Å². The topological polar surface area (TPSA) is 105 Å². The first-order chi connectivity index (χ1) is 39.8. The van der Waals surface area contributed by atoms with E-state index in [9.17, 15) is 0 Å². The molecule has 7 aromatic carbocycles. The first-order valence-corrected chi connectivity index (χ1v) is 26.5. The Kier molecular flexibility index (Phi) is 30.3. The molecule has 0 saturated carbocycles. The van der Waals surface area contributed by atoms with E-state index in [2.05, 4.69) is 124 Å². The van der Waals surface area contributed by atoms with Crippen molar-refractivity contribution in [3.8, 4) is 78.5 Å². The van der Waals surface area contributed by atoms with Crippen LogP contribution in [0, 0.1) is 58.9 Å². The molecule has 0 saturated heterocycles. The summed E-state index contributed by atoms with van der Waals surface area (Å²) in [6.45, 7) is 10.2. The Morgan fingerprint density at radius 3 is 0.843 bits per heavy atom. The Balaban J connectivity index is 0.000000220. The molecule has 0 fully saturated rings. The smallest absolute Gasteiger partial charge is 0.0705 e. The number of rotatable bonds is 7. The molecule has 9 heteroatoms. The van der Waals surface area contributed by atoms with E-state index in [-0.39, 0.29) is 40.2 Å². The van der Waals surface area contributed by atoms with Gasteiger partial charge in [0.15, 0.2) is 0 Å². The van der Waals surface area contributed by atoms with Gasteiger partial charge in [-0.25, -0.2) is 0 Å². The molecular weight excluding hydrogens is 1380 g/mol. The number of aliphatic hydroxyl groups is 2. The van der Waals surface area contributed by atoms with Gasteiger partial charge in [0.25, 0.3) is 0 Å². The summed E-state index contributed by atoms with van der Waals surface area (Å²) >= 11 is 0. The van der Waals surface area contributed by atoms with Gasteiger partial charge >= 0.3 is 0 Å². The van der Waals surface area contributed by atoms with Gasteiger partial charge in [-0.15, -0.1) is 144 Å². The van der Waals surface area contributed by atoms with E-state index in [1.807, 2.05) is 227 Å². The number of pyridine rings is 5. The van der Waals surface area contributed by atoms with E-state index >= 15 is 0 Å². The van der Waals surface area contributed by atoms with Gasteiger partial charge in [-0.3, -0.25) is 4.98 Å². The third-order valence-corrected chi connectivity index (χ3v) is 12.1. The fourth-order valence-corrected chi connectivity index (χ4v) is 8.16. The average Bonchev–Trinajstić information content (AvgIpc) is 3.55. The van der Waals surface area contributed by atoms with Gasteiger partial charge in [0, 0.05) is 101 Å². The van der Waals surface area contributed by atoms with E-state index in [1.165, 1.54) is 33.4 Å². The maximum absolute atomic E-state index is 7.00. The van der Waals surface area contributed by atoms with Gasteiger partial charge in [-0.1, -0.05) is 133 Å². The monoisotopic (exact) mass is 1440 g/mol. The zero-order valence-corrected chi connectivity index (χ0v) is 52.5. The molecule has 0 unspecified atom stereocenters. The summed E-state index contributed by atoms with van der Waals surface area (Å²) in [5.41, 5.74) is 20.7. The molecule has 2 radical (unpaired) electrons. The SMILES string of the molecule is CO.CO.Cc1cc(-c2[c-]cccc2)ncc1-c1ccccc1.Cc1cc(-c2ccccc2)ncc1-c1ccccc1.Cc1cccc(-c2[c-]cccc2)n1.Cc1cccc(-c2[c-]cccc2)n1.Cc1cccc(-c2[c-]cccc2)n1.[Ir].[Ir]. The zero-order chi connectivity index (χ0) is 57.4. The van der Waals surface area contributed by atoms with Crippen LogP contribution in [0.1, 0.15) is 28.2 Å². The van der Waals surface area contributed by atoms with E-state index in [0.717, 1.165) is 87.6 Å². The molecule has 422 valence electrons. The summed E-state index contributed by atoms with van der Waals surface area (Å²) in [7, 11) is 2.00. The van der Waals surface area contributed by atoms with Gasteiger partial charge in [-0.05, 0) is 104 Å². The van der Waals surface area contributed by atoms with Gasteiger partial charge < -0.3 is 30.1 Å². The van der Waals surface area contributed by atoms with Crippen molar-refractivity contribution in [2.75, 3.05) is 14.2 Å². The van der Waals surface area contributed by atoms with Crippen molar-refractivity contribution in [2.24, 2.45) is 0 Å². The first kappa shape index (κ1) is 67.0. The van der Waals surface area contributed by atoms with Crippen LogP contribution in [0.4, 0.5) is 0 Å². The van der Waals surface area contributed by atoms with Crippen molar-refractivity contribution in [2.45, 2.75) is 34.6 Å². The Hall–Kier alpha value is -8.49.